The molecule has 3 fully saturated rings. The molecule has 6 heteroatoms. The first-order chi connectivity index (χ1) is 13.2. The minimum absolute atomic E-state index is 0.0243. The van der Waals surface area contributed by atoms with Crippen LogP contribution in [0, 0.1) is 11.7 Å². The topological polar surface area (TPSA) is 49.3 Å². The van der Waals surface area contributed by atoms with Gasteiger partial charge in [-0.1, -0.05) is 24.3 Å². The van der Waals surface area contributed by atoms with Crippen LogP contribution in [0.25, 0.3) is 6.08 Å². The summed E-state index contributed by atoms with van der Waals surface area (Å²) in [6, 6.07) is 6.87. The smallest absolute Gasteiger partial charge is 0.274 e. The van der Waals surface area contributed by atoms with Crippen molar-refractivity contribution in [3.05, 3.63) is 66.0 Å². The number of fused-ring (bicyclic) bond motifs is 4. The molecule has 3 saturated heterocycles. The third-order valence-electron chi connectivity index (χ3n) is 5.42. The lowest BCUT2D eigenvalue weighted by atomic mass is 9.95. The van der Waals surface area contributed by atoms with Crippen molar-refractivity contribution in [1.29, 1.82) is 0 Å². The van der Waals surface area contributed by atoms with Crippen molar-refractivity contribution in [2.75, 3.05) is 26.2 Å². The highest BCUT2D eigenvalue weighted by Crippen LogP contribution is 2.28. The zero-order chi connectivity index (χ0) is 18.6. The van der Waals surface area contributed by atoms with Crippen LogP contribution in [0.4, 0.5) is 4.39 Å². The van der Waals surface area contributed by atoms with E-state index in [0.717, 1.165) is 44.6 Å². The van der Waals surface area contributed by atoms with Crippen LogP contribution in [0.15, 0.2) is 48.9 Å². The molecule has 27 heavy (non-hydrogen) atoms. The van der Waals surface area contributed by atoms with Gasteiger partial charge in [-0.15, -0.1) is 0 Å². The van der Waals surface area contributed by atoms with Crippen LogP contribution in [0.5, 0.6) is 0 Å². The van der Waals surface area contributed by atoms with Gasteiger partial charge in [-0.3, -0.25) is 14.7 Å². The van der Waals surface area contributed by atoms with E-state index >= 15 is 0 Å². The van der Waals surface area contributed by atoms with Crippen molar-refractivity contribution in [1.82, 2.24) is 19.8 Å². The Bertz CT molecular complexity index is 809. The number of amides is 1. The Morgan fingerprint density at radius 1 is 1.15 bits per heavy atom. The molecule has 0 unspecified atom stereocenters. The second kappa shape index (κ2) is 7.96. The summed E-state index contributed by atoms with van der Waals surface area (Å²) in [5, 5.41) is 0. The van der Waals surface area contributed by atoms with Crippen molar-refractivity contribution in [3.63, 3.8) is 0 Å². The number of nitrogens with zero attached hydrogens (tertiary/aromatic N) is 4. The van der Waals surface area contributed by atoms with Crippen molar-refractivity contribution in [2.45, 2.75) is 18.9 Å². The van der Waals surface area contributed by atoms with Crippen LogP contribution in [0.3, 0.4) is 0 Å². The summed E-state index contributed by atoms with van der Waals surface area (Å²) in [6.45, 7) is 3.36. The summed E-state index contributed by atoms with van der Waals surface area (Å²) in [5.74, 6) is 0.247. The molecular weight excluding hydrogens is 343 g/mol. The Morgan fingerprint density at radius 2 is 2.00 bits per heavy atom. The van der Waals surface area contributed by atoms with E-state index in [1.54, 1.807) is 30.7 Å². The highest BCUT2D eigenvalue weighted by molar-refractivity contribution is 5.92. The molecule has 3 aliphatic rings. The van der Waals surface area contributed by atoms with E-state index in [1.165, 1.54) is 12.1 Å². The number of aromatic nitrogens is 2. The predicted molar refractivity (Wildman–Crippen MR) is 101 cm³/mol. The fourth-order valence-corrected chi connectivity index (χ4v) is 4.04. The van der Waals surface area contributed by atoms with Crippen molar-refractivity contribution in [3.8, 4) is 0 Å². The first-order valence-electron chi connectivity index (χ1n) is 9.40. The highest BCUT2D eigenvalue weighted by Gasteiger charge is 2.36. The fourth-order valence-electron chi connectivity index (χ4n) is 4.04. The number of halogens is 1. The minimum atomic E-state index is -0.218. The molecular formula is C21H23FN4O. The lowest BCUT2D eigenvalue weighted by molar-refractivity contribution is 0.0734. The number of carbonyl (C=O) groups excluding carboxylic acids is 1. The van der Waals surface area contributed by atoms with E-state index in [-0.39, 0.29) is 11.7 Å². The maximum Gasteiger partial charge on any atom is 0.274 e. The molecule has 1 aromatic carbocycles. The van der Waals surface area contributed by atoms with Gasteiger partial charge in [0.25, 0.3) is 5.91 Å². The SMILES string of the molecule is O=C(c1cnccn1)N1C[C@H]2CC[C@@H](C1)N(C/C=C/c1ccc(F)cc1)C2. The summed E-state index contributed by atoms with van der Waals surface area (Å²) in [7, 11) is 0. The normalized spacial score (nSPS) is 22.9. The molecule has 4 heterocycles. The third kappa shape index (κ3) is 4.22. The summed E-state index contributed by atoms with van der Waals surface area (Å²) >= 11 is 0. The zero-order valence-corrected chi connectivity index (χ0v) is 15.2. The van der Waals surface area contributed by atoms with Crippen LogP contribution in [0.1, 0.15) is 28.9 Å². The van der Waals surface area contributed by atoms with Crippen molar-refractivity contribution in [2.24, 2.45) is 5.92 Å². The number of benzene rings is 1. The van der Waals surface area contributed by atoms with Gasteiger partial charge in [0.1, 0.15) is 11.5 Å². The molecule has 5 rings (SSSR count). The minimum Gasteiger partial charge on any atom is -0.335 e. The molecule has 0 N–H and O–H groups in total. The van der Waals surface area contributed by atoms with Gasteiger partial charge in [0.2, 0.25) is 0 Å². The van der Waals surface area contributed by atoms with Gasteiger partial charge in [-0.2, -0.15) is 0 Å². The lowest BCUT2D eigenvalue weighted by Crippen LogP contribution is -2.44. The van der Waals surface area contributed by atoms with E-state index in [2.05, 4.69) is 20.9 Å². The maximum absolute atomic E-state index is 13.0. The summed E-state index contributed by atoms with van der Waals surface area (Å²) < 4.78 is 13.0. The Labute approximate surface area is 158 Å². The van der Waals surface area contributed by atoms with Crippen LogP contribution >= 0.6 is 0 Å². The first kappa shape index (κ1) is 17.8. The van der Waals surface area contributed by atoms with Gasteiger partial charge in [0.05, 0.1) is 6.20 Å². The molecule has 2 atom stereocenters. The lowest BCUT2D eigenvalue weighted by Gasteiger charge is -2.35. The van der Waals surface area contributed by atoms with Gasteiger partial charge in [0, 0.05) is 44.6 Å². The Hall–Kier alpha value is -2.60. The molecule has 5 nitrogen and oxygen atoms in total. The Balaban J connectivity index is 1.41. The summed E-state index contributed by atoms with van der Waals surface area (Å²) in [6.07, 6.45) is 11.1. The second-order valence-electron chi connectivity index (χ2n) is 7.31. The van der Waals surface area contributed by atoms with E-state index in [1.807, 2.05) is 11.0 Å². The van der Waals surface area contributed by atoms with Crippen LogP contribution in [0.2, 0.25) is 0 Å². The highest BCUT2D eigenvalue weighted by atomic mass is 19.1. The van der Waals surface area contributed by atoms with Gasteiger partial charge in [-0.25, -0.2) is 9.37 Å². The average Bonchev–Trinajstić information content (AvgIpc) is 3.01. The third-order valence-corrected chi connectivity index (χ3v) is 5.42. The Kier molecular flexibility index (Phi) is 5.25. The van der Waals surface area contributed by atoms with Crippen molar-refractivity contribution >= 4 is 12.0 Å². The molecule has 0 spiro atoms. The Morgan fingerprint density at radius 3 is 2.78 bits per heavy atom. The number of hydrogen-bond donors (Lipinski definition) is 0. The average molecular weight is 366 g/mol. The standard InChI is InChI=1S/C21H23FN4O/c22-18-6-3-16(4-7-18)2-1-11-25-13-17-5-8-19(25)15-26(14-17)21(27)20-12-23-9-10-24-20/h1-4,6-7,9-10,12,17,19H,5,8,11,13-15H2/b2-1+/t17-,19-/m0/s1. The monoisotopic (exact) mass is 366 g/mol. The van der Waals surface area contributed by atoms with E-state index in [0.29, 0.717) is 17.7 Å². The molecule has 0 radical (unpaired) electrons. The summed E-state index contributed by atoms with van der Waals surface area (Å²) in [4.78, 5) is 25.3. The molecule has 1 aromatic heterocycles. The van der Waals surface area contributed by atoms with Crippen molar-refractivity contribution < 1.29 is 9.18 Å². The van der Waals surface area contributed by atoms with Crippen LogP contribution in [-0.4, -0.2) is 57.9 Å². The number of hydrogen-bond acceptors (Lipinski definition) is 4. The van der Waals surface area contributed by atoms with Gasteiger partial charge in [-0.05, 0) is 36.5 Å². The number of rotatable bonds is 4. The predicted octanol–water partition coefficient (Wildman–Crippen LogP) is 2.87. The molecule has 2 bridgehead atoms. The molecule has 1 amide bonds. The zero-order valence-electron chi connectivity index (χ0n) is 15.2. The molecule has 140 valence electrons. The van der Waals surface area contributed by atoms with Gasteiger partial charge < -0.3 is 4.90 Å². The quantitative estimate of drug-likeness (QED) is 0.835. The largest absolute Gasteiger partial charge is 0.335 e. The van der Waals surface area contributed by atoms with E-state index in [4.69, 9.17) is 0 Å². The number of carbonyl (C=O) groups is 1. The first-order valence-corrected chi connectivity index (χ1v) is 9.40. The number of piperidine rings is 1. The van der Waals surface area contributed by atoms with Gasteiger partial charge >= 0.3 is 0 Å². The molecule has 2 aromatic rings. The van der Waals surface area contributed by atoms with Crippen LogP contribution in [-0.2, 0) is 0 Å². The molecule has 0 saturated carbocycles. The van der Waals surface area contributed by atoms with Crippen LogP contribution < -0.4 is 0 Å². The summed E-state index contributed by atoms with van der Waals surface area (Å²) in [5.41, 5.74) is 1.41. The van der Waals surface area contributed by atoms with E-state index in [9.17, 15) is 9.18 Å². The fraction of sp³-hybridized carbons (Fsp3) is 0.381. The van der Waals surface area contributed by atoms with Gasteiger partial charge in [0.15, 0.2) is 0 Å². The maximum atomic E-state index is 13.0. The molecule has 0 aliphatic carbocycles. The molecule has 3 aliphatic heterocycles. The van der Waals surface area contributed by atoms with E-state index < -0.39 is 0 Å². The second-order valence-corrected chi connectivity index (χ2v) is 7.31.